The van der Waals surface area contributed by atoms with Gasteiger partial charge in [0.05, 0.1) is 0 Å². The van der Waals surface area contributed by atoms with Gasteiger partial charge in [0.2, 0.25) is 0 Å². The molecule has 0 nitrogen and oxygen atoms in total. The summed E-state index contributed by atoms with van der Waals surface area (Å²) in [4.78, 5) is 0. The molecular weight excluding hydrogens is 480 g/mol. The molecule has 32 heavy (non-hydrogen) atoms. The van der Waals surface area contributed by atoms with Crippen molar-refractivity contribution in [2.45, 2.75) is 53.9 Å². The summed E-state index contributed by atoms with van der Waals surface area (Å²) < 4.78 is 0. The van der Waals surface area contributed by atoms with Crippen LogP contribution in [-0.2, 0) is 29.8 Å². The minimum atomic E-state index is 0. The zero-order chi connectivity index (χ0) is 22.1. The number of hydrogen-bond donors (Lipinski definition) is 0. The maximum absolute atomic E-state index is 3.36. The second-order valence-corrected chi connectivity index (χ2v) is 7.93. The van der Waals surface area contributed by atoms with E-state index in [2.05, 4.69) is 108 Å². The van der Waals surface area contributed by atoms with Gasteiger partial charge in [-0.2, -0.15) is 11.1 Å². The van der Waals surface area contributed by atoms with Crippen LogP contribution in [0.15, 0.2) is 77.4 Å². The Bertz CT molecular complexity index is 1000. The van der Waals surface area contributed by atoms with Crippen LogP contribution in [0.25, 0.3) is 21.9 Å². The van der Waals surface area contributed by atoms with E-state index in [1.807, 2.05) is 0 Å². The third-order valence-corrected chi connectivity index (χ3v) is 6.00. The van der Waals surface area contributed by atoms with E-state index in [9.17, 15) is 0 Å². The Morgan fingerprint density at radius 1 is 0.969 bits per heavy atom. The molecule has 0 heterocycles. The Hall–Kier alpha value is -1.37. The van der Waals surface area contributed by atoms with Crippen molar-refractivity contribution >= 4 is 17.7 Å². The molecule has 1 unspecified atom stereocenters. The average Bonchev–Trinajstić information content (AvgIpc) is 3.31. The van der Waals surface area contributed by atoms with Gasteiger partial charge in [-0.15, -0.1) is 53.6 Å². The number of rotatable bonds is 4. The first kappa shape index (κ1) is 30.6. The predicted octanol–water partition coefficient (Wildman–Crippen LogP) is 8.81. The van der Waals surface area contributed by atoms with Gasteiger partial charge >= 0.3 is 30.2 Å². The van der Waals surface area contributed by atoms with Crippen LogP contribution in [0.1, 0.15) is 53.0 Å². The van der Waals surface area contributed by atoms with Crippen molar-refractivity contribution in [3.8, 4) is 11.1 Å². The van der Waals surface area contributed by atoms with Crippen molar-refractivity contribution in [2.75, 3.05) is 0 Å². The average molecular weight is 518 g/mol. The molecule has 0 N–H and O–H groups in total. The van der Waals surface area contributed by atoms with Gasteiger partial charge in [-0.3, -0.25) is 6.08 Å². The SMILES string of the molecule is CC1=[C-]C(C)C(C)=C1C.CCCCc1ccc(-c2c[cH-]c3ccccc23)cc1.[CH3-].[CH3-].[Si]=[Zr]. The Kier molecular flexibility index (Phi) is 14.8. The fourth-order valence-electron chi connectivity index (χ4n) is 3.80. The third-order valence-electron chi connectivity index (χ3n) is 6.00. The van der Waals surface area contributed by atoms with E-state index in [-0.39, 0.29) is 14.9 Å². The van der Waals surface area contributed by atoms with Crippen molar-refractivity contribution in [2.24, 2.45) is 5.92 Å². The second-order valence-electron chi connectivity index (χ2n) is 7.93. The van der Waals surface area contributed by atoms with Crippen LogP contribution in [-0.4, -0.2) is 6.88 Å². The van der Waals surface area contributed by atoms with Gasteiger partial charge in [0.1, 0.15) is 0 Å². The molecule has 0 aromatic heterocycles. The van der Waals surface area contributed by atoms with Crippen molar-refractivity contribution in [1.82, 2.24) is 0 Å². The molecule has 0 spiro atoms. The van der Waals surface area contributed by atoms with Crippen molar-refractivity contribution in [3.05, 3.63) is 104 Å². The molecule has 3 aromatic carbocycles. The Balaban J connectivity index is 0.000000632. The number of benzene rings is 2. The first-order valence-electron chi connectivity index (χ1n) is 10.8. The number of fused-ring (bicyclic) bond motifs is 1. The summed E-state index contributed by atoms with van der Waals surface area (Å²) in [6, 6.07) is 22.1. The molecule has 0 saturated heterocycles. The van der Waals surface area contributed by atoms with E-state index in [4.69, 9.17) is 0 Å². The van der Waals surface area contributed by atoms with Gasteiger partial charge in [-0.05, 0) is 18.4 Å². The number of allylic oxidation sites excluding steroid dienone is 4. The summed E-state index contributed by atoms with van der Waals surface area (Å²) in [5.74, 6) is 0.560. The van der Waals surface area contributed by atoms with Crippen molar-refractivity contribution in [1.29, 1.82) is 0 Å². The van der Waals surface area contributed by atoms with Crippen LogP contribution in [0.4, 0.5) is 0 Å². The first-order valence-corrected chi connectivity index (χ1v) is 15.0. The Morgan fingerprint density at radius 2 is 1.59 bits per heavy atom. The summed E-state index contributed by atoms with van der Waals surface area (Å²) in [6.07, 6.45) is 7.09. The second kappa shape index (κ2) is 15.5. The molecule has 0 bridgehead atoms. The Morgan fingerprint density at radius 3 is 2.09 bits per heavy atom. The normalized spacial score (nSPS) is 14.2. The van der Waals surface area contributed by atoms with Gasteiger partial charge in [0, 0.05) is 0 Å². The van der Waals surface area contributed by atoms with Crippen LogP contribution in [0.2, 0.25) is 0 Å². The van der Waals surface area contributed by atoms with E-state index in [1.54, 1.807) is 0 Å². The first-order chi connectivity index (χ1) is 14.5. The molecule has 3 aromatic rings. The predicted molar refractivity (Wildman–Crippen MR) is 142 cm³/mol. The molecule has 4 rings (SSSR count). The zero-order valence-electron chi connectivity index (χ0n) is 21.0. The molecular formula is C30H38SiZr-4. The third kappa shape index (κ3) is 7.89. The molecule has 0 saturated carbocycles. The van der Waals surface area contributed by atoms with E-state index < -0.39 is 0 Å². The van der Waals surface area contributed by atoms with Gasteiger partial charge in [0.15, 0.2) is 0 Å². The van der Waals surface area contributed by atoms with Gasteiger partial charge < -0.3 is 14.9 Å². The van der Waals surface area contributed by atoms with Gasteiger partial charge in [-0.1, -0.05) is 75.9 Å². The van der Waals surface area contributed by atoms with Gasteiger partial charge in [-0.25, -0.2) is 5.57 Å². The van der Waals surface area contributed by atoms with Crippen LogP contribution in [0.3, 0.4) is 0 Å². The van der Waals surface area contributed by atoms with Crippen LogP contribution in [0, 0.1) is 26.8 Å². The quantitative estimate of drug-likeness (QED) is 0.239. The van der Waals surface area contributed by atoms with Crippen LogP contribution in [0.5, 0.6) is 0 Å². The van der Waals surface area contributed by atoms with Crippen LogP contribution < -0.4 is 0 Å². The molecule has 170 valence electrons. The summed E-state index contributed by atoms with van der Waals surface area (Å²) in [5.41, 5.74) is 8.36. The monoisotopic (exact) mass is 516 g/mol. The fraction of sp³-hybridized carbons (Fsp3) is 0.300. The van der Waals surface area contributed by atoms with Crippen molar-refractivity contribution in [3.63, 3.8) is 0 Å². The van der Waals surface area contributed by atoms with Crippen LogP contribution >= 0.6 is 0 Å². The standard InChI is InChI=1S/C19H19.C9H13.2CH3.Si.Zr/c1-2-3-6-15-9-11-17(12-10-15)19-14-13-16-7-4-5-8-18(16)19;1-6-5-7(2)9(4)8(6)3;;;;/h4-5,7-14H,2-3,6H2,1H3;6H,1-4H3;2*1H3;;/q4*-1;;. The molecule has 1 aliphatic carbocycles. The van der Waals surface area contributed by atoms with Gasteiger partial charge in [0.25, 0.3) is 0 Å². The summed E-state index contributed by atoms with van der Waals surface area (Å²) in [5, 5.41) is 2.68. The fourth-order valence-corrected chi connectivity index (χ4v) is 3.80. The molecule has 0 amide bonds. The molecule has 2 heteroatoms. The van der Waals surface area contributed by atoms with E-state index in [0.29, 0.717) is 5.92 Å². The van der Waals surface area contributed by atoms with E-state index >= 15 is 0 Å². The molecule has 0 aliphatic heterocycles. The van der Waals surface area contributed by atoms with E-state index in [0.717, 1.165) is 0 Å². The summed E-state index contributed by atoms with van der Waals surface area (Å²) >= 11 is 1.36. The Labute approximate surface area is 214 Å². The maximum atomic E-state index is 3.36. The molecule has 1 aliphatic rings. The molecule has 1 atom stereocenters. The molecule has 0 fully saturated rings. The molecule has 2 radical (unpaired) electrons. The topological polar surface area (TPSA) is 0 Å². The number of unbranched alkanes of at least 4 members (excludes halogenated alkanes) is 1. The van der Waals surface area contributed by atoms with E-state index in [1.165, 1.54) is 86.8 Å². The number of hydrogen-bond acceptors (Lipinski definition) is 0. The summed E-state index contributed by atoms with van der Waals surface area (Å²) in [6.45, 7) is 14.0. The zero-order valence-corrected chi connectivity index (χ0v) is 24.4. The minimum absolute atomic E-state index is 0. The van der Waals surface area contributed by atoms with Crippen molar-refractivity contribution < 1.29 is 23.3 Å². The number of aryl methyl sites for hydroxylation is 1. The summed E-state index contributed by atoms with van der Waals surface area (Å²) in [7, 11) is 0.